The Kier molecular flexibility index (Phi) is 5.72. The number of ether oxygens (including phenoxy) is 1. The molecule has 0 saturated carbocycles. The van der Waals surface area contributed by atoms with Gasteiger partial charge in [0.2, 0.25) is 0 Å². The summed E-state index contributed by atoms with van der Waals surface area (Å²) in [6.07, 6.45) is 4.54. The fraction of sp³-hybridized carbons (Fsp3) is 0.429. The molecule has 0 bridgehead atoms. The van der Waals surface area contributed by atoms with Gasteiger partial charge in [0.1, 0.15) is 4.83 Å². The van der Waals surface area contributed by atoms with Crippen molar-refractivity contribution in [1.82, 2.24) is 18.9 Å². The average Bonchev–Trinajstić information content (AvgIpc) is 3.48. The maximum atomic E-state index is 13.5. The molecular weight excluding hydrogens is 452 g/mol. The summed E-state index contributed by atoms with van der Waals surface area (Å²) in [7, 11) is 0. The quantitative estimate of drug-likeness (QED) is 0.312. The molecule has 0 N–H and O–H groups in total. The van der Waals surface area contributed by atoms with Gasteiger partial charge in [0.05, 0.1) is 23.7 Å². The first-order chi connectivity index (χ1) is 15.0. The summed E-state index contributed by atoms with van der Waals surface area (Å²) in [4.78, 5) is 37.9. The summed E-state index contributed by atoms with van der Waals surface area (Å²) >= 11 is 4.46. The molecule has 0 radical (unpaired) electrons. The monoisotopic (exact) mass is 474 g/mol. The summed E-state index contributed by atoms with van der Waals surface area (Å²) in [6.45, 7) is 5.37. The van der Waals surface area contributed by atoms with Crippen LogP contribution in [0.4, 0.5) is 0 Å². The first kappa shape index (κ1) is 20.9. The van der Waals surface area contributed by atoms with Crippen LogP contribution < -0.4 is 11.1 Å². The zero-order chi connectivity index (χ0) is 21.5. The molecular formula is C21H22N4O3S3. The molecule has 1 unspecified atom stereocenters. The van der Waals surface area contributed by atoms with E-state index in [0.29, 0.717) is 28.1 Å². The minimum atomic E-state index is -0.0940. The van der Waals surface area contributed by atoms with Gasteiger partial charge in [-0.3, -0.25) is 18.6 Å². The van der Waals surface area contributed by atoms with Crippen LogP contribution in [0.3, 0.4) is 0 Å². The first-order valence-electron chi connectivity index (χ1n) is 10.3. The normalized spacial score (nSPS) is 16.6. The van der Waals surface area contributed by atoms with Gasteiger partial charge in [0, 0.05) is 34.9 Å². The smallest absolute Gasteiger partial charge is 0.263 e. The van der Waals surface area contributed by atoms with E-state index in [2.05, 4.69) is 18.8 Å². The molecule has 1 atom stereocenters. The number of thiophene rings is 1. The Hall–Kier alpha value is -2.01. The standard InChI is InChI=1S/C21H22N4O3S3/c1-3-15-12(2)31-18-17(15)19(27)25(10-14-5-4-7-28-14)21(23-18)30-11-13-9-16(26)24-6-8-29-20(24)22-13/h6,8-9,14H,3-5,7,10-11H2,1-2H3. The second kappa shape index (κ2) is 8.50. The highest BCUT2D eigenvalue weighted by Crippen LogP contribution is 2.30. The SMILES string of the molecule is CCc1c(C)sc2nc(SCc3cc(=O)n4ccsc4n3)n(CC3CCCO3)c(=O)c12. The molecule has 31 heavy (non-hydrogen) atoms. The highest BCUT2D eigenvalue weighted by atomic mass is 32.2. The highest BCUT2D eigenvalue weighted by molar-refractivity contribution is 7.98. The number of aromatic nitrogens is 4. The summed E-state index contributed by atoms with van der Waals surface area (Å²) in [5, 5.41) is 3.24. The van der Waals surface area contributed by atoms with E-state index in [-0.39, 0.29) is 17.2 Å². The van der Waals surface area contributed by atoms with Crippen molar-refractivity contribution in [1.29, 1.82) is 0 Å². The Morgan fingerprint density at radius 1 is 1.32 bits per heavy atom. The van der Waals surface area contributed by atoms with Crippen LogP contribution in [0.2, 0.25) is 0 Å². The fourth-order valence-corrected chi connectivity index (χ4v) is 6.81. The lowest BCUT2D eigenvalue weighted by atomic mass is 10.1. The molecule has 1 saturated heterocycles. The van der Waals surface area contributed by atoms with Crippen molar-refractivity contribution >= 4 is 49.6 Å². The van der Waals surface area contributed by atoms with Crippen LogP contribution in [-0.4, -0.2) is 31.6 Å². The lowest BCUT2D eigenvalue weighted by Gasteiger charge is -2.16. The van der Waals surface area contributed by atoms with Crippen LogP contribution in [0.1, 0.15) is 35.9 Å². The van der Waals surface area contributed by atoms with Crippen molar-refractivity contribution in [2.75, 3.05) is 6.61 Å². The molecule has 162 valence electrons. The molecule has 0 aliphatic carbocycles. The number of fused-ring (bicyclic) bond motifs is 2. The van der Waals surface area contributed by atoms with E-state index in [1.807, 2.05) is 5.38 Å². The molecule has 0 amide bonds. The third kappa shape index (κ3) is 3.86. The lowest BCUT2D eigenvalue weighted by Crippen LogP contribution is -2.29. The van der Waals surface area contributed by atoms with Gasteiger partial charge in [-0.15, -0.1) is 22.7 Å². The van der Waals surface area contributed by atoms with Crippen molar-refractivity contribution in [3.63, 3.8) is 0 Å². The Morgan fingerprint density at radius 2 is 2.19 bits per heavy atom. The molecule has 4 aromatic rings. The van der Waals surface area contributed by atoms with Crippen LogP contribution in [0.5, 0.6) is 0 Å². The van der Waals surface area contributed by atoms with E-state index in [0.717, 1.165) is 46.5 Å². The van der Waals surface area contributed by atoms with Crippen LogP contribution in [0.25, 0.3) is 15.2 Å². The summed E-state index contributed by atoms with van der Waals surface area (Å²) in [5.41, 5.74) is 1.69. The molecule has 4 aromatic heterocycles. The molecule has 1 aliphatic rings. The van der Waals surface area contributed by atoms with Crippen LogP contribution in [0.15, 0.2) is 32.4 Å². The van der Waals surface area contributed by atoms with E-state index in [1.54, 1.807) is 28.2 Å². The molecule has 0 spiro atoms. The van der Waals surface area contributed by atoms with Crippen molar-refractivity contribution < 1.29 is 4.74 Å². The summed E-state index contributed by atoms with van der Waals surface area (Å²) in [6, 6.07) is 1.55. The van der Waals surface area contributed by atoms with E-state index in [4.69, 9.17) is 9.72 Å². The van der Waals surface area contributed by atoms with E-state index in [1.165, 1.54) is 27.5 Å². The fourth-order valence-electron chi connectivity index (χ4n) is 4.02. The minimum Gasteiger partial charge on any atom is -0.376 e. The number of hydrogen-bond acceptors (Lipinski definition) is 8. The maximum absolute atomic E-state index is 13.5. The van der Waals surface area contributed by atoms with Gasteiger partial charge in [-0.2, -0.15) is 0 Å². The number of rotatable bonds is 6. The van der Waals surface area contributed by atoms with Gasteiger partial charge in [0.25, 0.3) is 11.1 Å². The van der Waals surface area contributed by atoms with Crippen LogP contribution >= 0.6 is 34.4 Å². The van der Waals surface area contributed by atoms with E-state index in [9.17, 15) is 9.59 Å². The summed E-state index contributed by atoms with van der Waals surface area (Å²) in [5.74, 6) is 0.470. The van der Waals surface area contributed by atoms with Gasteiger partial charge < -0.3 is 4.74 Å². The second-order valence-corrected chi connectivity index (χ2v) is 10.6. The third-order valence-corrected chi connectivity index (χ3v) is 8.35. The van der Waals surface area contributed by atoms with Crippen molar-refractivity contribution in [3.8, 4) is 0 Å². The first-order valence-corrected chi connectivity index (χ1v) is 13.0. The maximum Gasteiger partial charge on any atom is 0.263 e. The Labute approximate surface area is 190 Å². The Morgan fingerprint density at radius 3 is 2.97 bits per heavy atom. The van der Waals surface area contributed by atoms with Crippen molar-refractivity contribution in [3.05, 3.63) is 54.5 Å². The van der Waals surface area contributed by atoms with Crippen LogP contribution in [-0.2, 0) is 23.5 Å². The minimum absolute atomic E-state index is 0.00550. The van der Waals surface area contributed by atoms with Crippen molar-refractivity contribution in [2.45, 2.75) is 56.7 Å². The van der Waals surface area contributed by atoms with Crippen LogP contribution in [0, 0.1) is 6.92 Å². The highest BCUT2D eigenvalue weighted by Gasteiger charge is 2.23. The predicted octanol–water partition coefficient (Wildman–Crippen LogP) is 3.87. The Bertz CT molecular complexity index is 1380. The molecule has 1 aliphatic heterocycles. The van der Waals surface area contributed by atoms with E-state index >= 15 is 0 Å². The number of hydrogen-bond donors (Lipinski definition) is 0. The largest absolute Gasteiger partial charge is 0.376 e. The number of aryl methyl sites for hydroxylation is 2. The zero-order valence-corrected chi connectivity index (χ0v) is 19.7. The molecule has 5 rings (SSSR count). The zero-order valence-electron chi connectivity index (χ0n) is 17.3. The predicted molar refractivity (Wildman–Crippen MR) is 126 cm³/mol. The van der Waals surface area contributed by atoms with Crippen molar-refractivity contribution in [2.24, 2.45) is 0 Å². The molecule has 10 heteroatoms. The van der Waals surface area contributed by atoms with E-state index < -0.39 is 0 Å². The summed E-state index contributed by atoms with van der Waals surface area (Å²) < 4.78 is 9.12. The molecule has 1 fully saturated rings. The van der Waals surface area contributed by atoms with Gasteiger partial charge in [-0.05, 0) is 31.7 Å². The second-order valence-electron chi connectivity index (χ2n) is 7.55. The Balaban J connectivity index is 1.55. The van der Waals surface area contributed by atoms with Gasteiger partial charge in [-0.25, -0.2) is 9.97 Å². The van der Waals surface area contributed by atoms with Gasteiger partial charge in [-0.1, -0.05) is 18.7 Å². The average molecular weight is 475 g/mol. The van der Waals surface area contributed by atoms with Gasteiger partial charge >= 0.3 is 0 Å². The third-order valence-electron chi connectivity index (χ3n) is 5.55. The van der Waals surface area contributed by atoms with Gasteiger partial charge in [0.15, 0.2) is 10.1 Å². The molecule has 5 heterocycles. The topological polar surface area (TPSA) is 78.5 Å². The number of nitrogens with zero attached hydrogens (tertiary/aromatic N) is 4. The number of thiazole rings is 1. The lowest BCUT2D eigenvalue weighted by molar-refractivity contribution is 0.0937. The molecule has 0 aromatic carbocycles. The molecule has 7 nitrogen and oxygen atoms in total. The number of thioether (sulfide) groups is 1.